The van der Waals surface area contributed by atoms with Gasteiger partial charge in [-0.1, -0.05) is 18.2 Å². The predicted molar refractivity (Wildman–Crippen MR) is 120 cm³/mol. The lowest BCUT2D eigenvalue weighted by atomic mass is 9.94. The molecule has 5 rings (SSSR count). The van der Waals surface area contributed by atoms with E-state index in [1.54, 1.807) is 30.3 Å². The number of halogens is 1. The standard InChI is InChI=1S/C25H25FN2O6/c26-18-5-2-1-4-17(18)22-21(23(29)16-6-7-19-20(14-16)34-15-33-19)24(30)25(31)28(22)9-3-8-27-10-12-32-13-11-27/h1-2,4-7,14,22,29H,3,8-13,15H2/b23-21+. The number of ether oxygens (including phenoxy) is 3. The van der Waals surface area contributed by atoms with Crippen molar-refractivity contribution >= 4 is 17.4 Å². The first-order chi connectivity index (χ1) is 16.5. The number of aliphatic hydroxyl groups is 1. The number of benzene rings is 2. The molecule has 1 unspecified atom stereocenters. The van der Waals surface area contributed by atoms with E-state index >= 15 is 0 Å². The molecule has 1 amide bonds. The number of carbonyl (C=O) groups excluding carboxylic acids is 2. The number of hydrogen-bond donors (Lipinski definition) is 1. The van der Waals surface area contributed by atoms with E-state index in [1.165, 1.54) is 17.0 Å². The Morgan fingerprint density at radius 1 is 1.03 bits per heavy atom. The maximum absolute atomic E-state index is 14.9. The van der Waals surface area contributed by atoms with Crippen molar-refractivity contribution in [3.05, 3.63) is 65.0 Å². The summed E-state index contributed by atoms with van der Waals surface area (Å²) in [5.74, 6) is -1.57. The highest BCUT2D eigenvalue weighted by Crippen LogP contribution is 2.42. The summed E-state index contributed by atoms with van der Waals surface area (Å²) in [5.41, 5.74) is 0.313. The van der Waals surface area contributed by atoms with Crippen LogP contribution >= 0.6 is 0 Å². The smallest absolute Gasteiger partial charge is 0.295 e. The molecular weight excluding hydrogens is 443 g/mol. The number of rotatable bonds is 6. The van der Waals surface area contributed by atoms with Crippen LogP contribution in [0.15, 0.2) is 48.0 Å². The van der Waals surface area contributed by atoms with Crippen LogP contribution in [0.5, 0.6) is 11.5 Å². The van der Waals surface area contributed by atoms with Crippen LogP contribution < -0.4 is 9.47 Å². The van der Waals surface area contributed by atoms with Crippen molar-refractivity contribution in [2.75, 3.05) is 46.2 Å². The van der Waals surface area contributed by atoms with E-state index in [2.05, 4.69) is 4.90 Å². The molecule has 8 nitrogen and oxygen atoms in total. The minimum atomic E-state index is -1.03. The molecule has 0 saturated carbocycles. The molecule has 1 N–H and O–H groups in total. The van der Waals surface area contributed by atoms with E-state index < -0.39 is 23.5 Å². The van der Waals surface area contributed by atoms with E-state index in [-0.39, 0.29) is 35.8 Å². The van der Waals surface area contributed by atoms with Crippen molar-refractivity contribution in [1.29, 1.82) is 0 Å². The average molecular weight is 468 g/mol. The highest BCUT2D eigenvalue weighted by Gasteiger charge is 2.46. The molecule has 3 aliphatic rings. The molecular formula is C25H25FN2O6. The van der Waals surface area contributed by atoms with Gasteiger partial charge in [0.2, 0.25) is 6.79 Å². The first-order valence-corrected chi connectivity index (χ1v) is 11.3. The molecule has 0 aromatic heterocycles. The Kier molecular flexibility index (Phi) is 6.21. The van der Waals surface area contributed by atoms with Crippen LogP contribution in [0.25, 0.3) is 5.76 Å². The van der Waals surface area contributed by atoms with E-state index in [0.29, 0.717) is 31.1 Å². The third-order valence-corrected chi connectivity index (χ3v) is 6.36. The molecule has 178 valence electrons. The monoisotopic (exact) mass is 468 g/mol. The molecule has 1 atom stereocenters. The molecule has 9 heteroatoms. The van der Waals surface area contributed by atoms with Crippen LogP contribution in [0.4, 0.5) is 4.39 Å². The number of ketones is 1. The Morgan fingerprint density at radius 2 is 1.79 bits per heavy atom. The van der Waals surface area contributed by atoms with Crippen molar-refractivity contribution in [2.45, 2.75) is 12.5 Å². The van der Waals surface area contributed by atoms with Gasteiger partial charge < -0.3 is 24.2 Å². The molecule has 3 aliphatic heterocycles. The van der Waals surface area contributed by atoms with Crippen LogP contribution in [0.3, 0.4) is 0 Å². The second-order valence-corrected chi connectivity index (χ2v) is 8.39. The van der Waals surface area contributed by atoms with Crippen LogP contribution in [0.2, 0.25) is 0 Å². The van der Waals surface area contributed by atoms with Crippen molar-refractivity contribution in [3.8, 4) is 11.5 Å². The fourth-order valence-corrected chi connectivity index (χ4v) is 4.62. The highest BCUT2D eigenvalue weighted by atomic mass is 19.1. The second kappa shape index (κ2) is 9.44. The number of amides is 1. The number of nitrogens with zero attached hydrogens (tertiary/aromatic N) is 2. The van der Waals surface area contributed by atoms with Gasteiger partial charge in [0.05, 0.1) is 24.8 Å². The Balaban J connectivity index is 1.49. The van der Waals surface area contributed by atoms with Gasteiger partial charge in [0, 0.05) is 37.3 Å². The van der Waals surface area contributed by atoms with Gasteiger partial charge in [0.1, 0.15) is 11.6 Å². The fourth-order valence-electron chi connectivity index (χ4n) is 4.62. The zero-order valence-electron chi connectivity index (χ0n) is 18.5. The number of morpholine rings is 1. The molecule has 0 spiro atoms. The summed E-state index contributed by atoms with van der Waals surface area (Å²) in [6.07, 6.45) is 0.599. The van der Waals surface area contributed by atoms with Crippen LogP contribution in [-0.2, 0) is 14.3 Å². The van der Waals surface area contributed by atoms with Crippen molar-refractivity contribution in [3.63, 3.8) is 0 Å². The van der Waals surface area contributed by atoms with E-state index in [1.807, 2.05) is 0 Å². The highest BCUT2D eigenvalue weighted by molar-refractivity contribution is 6.46. The minimum Gasteiger partial charge on any atom is -0.507 e. The molecule has 34 heavy (non-hydrogen) atoms. The van der Waals surface area contributed by atoms with Gasteiger partial charge >= 0.3 is 0 Å². The summed E-state index contributed by atoms with van der Waals surface area (Å²) in [4.78, 5) is 29.7. The zero-order chi connectivity index (χ0) is 23.7. The minimum absolute atomic E-state index is 0.0578. The maximum Gasteiger partial charge on any atom is 0.295 e. The summed E-state index contributed by atoms with van der Waals surface area (Å²) >= 11 is 0. The van der Waals surface area contributed by atoms with Gasteiger partial charge in [-0.2, -0.15) is 0 Å². The van der Waals surface area contributed by atoms with Crippen molar-refractivity contribution in [2.24, 2.45) is 0 Å². The molecule has 0 radical (unpaired) electrons. The van der Waals surface area contributed by atoms with Gasteiger partial charge in [-0.15, -0.1) is 0 Å². The quantitative estimate of drug-likeness (QED) is 0.396. The van der Waals surface area contributed by atoms with Crippen LogP contribution in [0.1, 0.15) is 23.6 Å². The predicted octanol–water partition coefficient (Wildman–Crippen LogP) is 2.70. The van der Waals surface area contributed by atoms with E-state index in [0.717, 1.165) is 19.6 Å². The SMILES string of the molecule is O=C1C(=O)N(CCCN2CCOCC2)C(c2ccccc2F)/C1=C(\O)c1ccc2c(c1)OCO2. The summed E-state index contributed by atoms with van der Waals surface area (Å²) < 4.78 is 30.9. The number of likely N-dealkylation sites (tertiary alicyclic amines) is 1. The van der Waals surface area contributed by atoms with Gasteiger partial charge in [-0.3, -0.25) is 14.5 Å². The Hall–Kier alpha value is -3.43. The molecule has 2 aromatic carbocycles. The Morgan fingerprint density at radius 3 is 2.59 bits per heavy atom. The lowest BCUT2D eigenvalue weighted by Crippen LogP contribution is -2.39. The van der Waals surface area contributed by atoms with Gasteiger partial charge in [-0.25, -0.2) is 4.39 Å². The van der Waals surface area contributed by atoms with Gasteiger partial charge in [0.25, 0.3) is 11.7 Å². The van der Waals surface area contributed by atoms with Crippen molar-refractivity contribution < 1.29 is 33.3 Å². The average Bonchev–Trinajstić information content (AvgIpc) is 3.42. The molecule has 2 saturated heterocycles. The summed E-state index contributed by atoms with van der Waals surface area (Å²) in [6, 6.07) is 9.71. The summed E-state index contributed by atoms with van der Waals surface area (Å²) in [7, 11) is 0. The number of aliphatic hydroxyl groups excluding tert-OH is 1. The van der Waals surface area contributed by atoms with Gasteiger partial charge in [-0.05, 0) is 30.7 Å². The summed E-state index contributed by atoms with van der Waals surface area (Å²) in [6.45, 7) is 3.96. The Labute approximate surface area is 196 Å². The lowest BCUT2D eigenvalue weighted by Gasteiger charge is -2.29. The van der Waals surface area contributed by atoms with Crippen LogP contribution in [-0.4, -0.2) is 72.8 Å². The largest absolute Gasteiger partial charge is 0.507 e. The fraction of sp³-hybridized carbons (Fsp3) is 0.360. The van der Waals surface area contributed by atoms with Gasteiger partial charge in [0.15, 0.2) is 11.5 Å². The third kappa shape index (κ3) is 4.12. The second-order valence-electron chi connectivity index (χ2n) is 8.39. The number of carbonyl (C=O) groups is 2. The van der Waals surface area contributed by atoms with Crippen molar-refractivity contribution in [1.82, 2.24) is 9.80 Å². The lowest BCUT2D eigenvalue weighted by molar-refractivity contribution is -0.140. The zero-order valence-corrected chi connectivity index (χ0v) is 18.5. The van der Waals surface area contributed by atoms with E-state index in [9.17, 15) is 19.1 Å². The normalized spacial score (nSPS) is 21.9. The molecule has 2 fully saturated rings. The summed E-state index contributed by atoms with van der Waals surface area (Å²) in [5, 5.41) is 11.1. The molecule has 0 bridgehead atoms. The third-order valence-electron chi connectivity index (χ3n) is 6.36. The van der Waals surface area contributed by atoms with E-state index in [4.69, 9.17) is 14.2 Å². The molecule has 2 aromatic rings. The van der Waals surface area contributed by atoms with Crippen LogP contribution in [0, 0.1) is 5.82 Å². The molecule has 3 heterocycles. The number of fused-ring (bicyclic) bond motifs is 1. The Bertz CT molecular complexity index is 1140. The first kappa shape index (κ1) is 22.4. The molecule has 0 aliphatic carbocycles. The first-order valence-electron chi connectivity index (χ1n) is 11.3. The number of hydrogen-bond acceptors (Lipinski definition) is 7. The topological polar surface area (TPSA) is 88.5 Å². The maximum atomic E-state index is 14.9. The number of Topliss-reactive ketones (excluding diaryl/α,β-unsaturated/α-hetero) is 1.